The number of piperidine rings is 1. The van der Waals surface area contributed by atoms with E-state index in [1.807, 2.05) is 4.90 Å². The van der Waals surface area contributed by atoms with Crippen molar-refractivity contribution >= 4 is 23.8 Å². The van der Waals surface area contributed by atoms with Gasteiger partial charge in [0.05, 0.1) is 0 Å². The van der Waals surface area contributed by atoms with Gasteiger partial charge in [-0.15, -0.1) is 0 Å². The van der Waals surface area contributed by atoms with Gasteiger partial charge in [0, 0.05) is 69.2 Å². The van der Waals surface area contributed by atoms with E-state index >= 15 is 0 Å². The van der Waals surface area contributed by atoms with Crippen molar-refractivity contribution in [2.75, 3.05) is 32.7 Å². The maximum absolute atomic E-state index is 14.9. The molecule has 0 aliphatic carbocycles. The molecule has 4 aliphatic heterocycles. The third-order valence-electron chi connectivity index (χ3n) is 7.64. The van der Waals surface area contributed by atoms with Gasteiger partial charge in [-0.05, 0) is 37.3 Å². The fraction of sp³-hybridized carbons (Fsp3) is 0.583. The Morgan fingerprint density at radius 2 is 1.71 bits per heavy atom. The van der Waals surface area contributed by atoms with Gasteiger partial charge in [0.2, 0.25) is 11.8 Å². The maximum Gasteiger partial charge on any atom is 0.408 e. The highest BCUT2D eigenvalue weighted by molar-refractivity contribution is 6.02. The number of nitrogens with zero attached hydrogens (tertiary/aromatic N) is 4. The minimum atomic E-state index is -1.14. The summed E-state index contributed by atoms with van der Waals surface area (Å²) < 4.78 is 14.9. The predicted molar refractivity (Wildman–Crippen MR) is 118 cm³/mol. The molecule has 1 N–H and O–H groups in total. The standard InChI is InChI=1S/C24H29FN4O5/c25-19-10-15(23(32)27-8-2-1-3-9-27)4-5-16(19)11-26-12-17-13-28(24(33)34)22(18(17)14-26)29-20(30)6-7-21(29)31/h4-5,10,17-18,22H,1-3,6-9,11-14H2,(H,33,34). The number of fused-ring (bicyclic) bond motifs is 1. The van der Waals surface area contributed by atoms with Crippen molar-refractivity contribution in [1.82, 2.24) is 19.6 Å². The smallest absolute Gasteiger partial charge is 0.408 e. The minimum Gasteiger partial charge on any atom is -0.465 e. The summed E-state index contributed by atoms with van der Waals surface area (Å²) in [5.41, 5.74) is 0.819. The molecule has 182 valence electrons. The van der Waals surface area contributed by atoms with Gasteiger partial charge in [-0.2, -0.15) is 0 Å². The molecule has 0 radical (unpaired) electrons. The van der Waals surface area contributed by atoms with E-state index in [-0.39, 0.29) is 48.9 Å². The average Bonchev–Trinajstić information content (AvgIpc) is 3.47. The number of hydrogen-bond acceptors (Lipinski definition) is 5. The van der Waals surface area contributed by atoms with Gasteiger partial charge < -0.3 is 10.0 Å². The van der Waals surface area contributed by atoms with Crippen LogP contribution in [0, 0.1) is 17.7 Å². The first kappa shape index (κ1) is 22.8. The number of halogens is 1. The second kappa shape index (κ2) is 8.98. The van der Waals surface area contributed by atoms with Crippen molar-refractivity contribution < 1.29 is 28.7 Å². The molecule has 4 saturated heterocycles. The average molecular weight is 473 g/mol. The van der Waals surface area contributed by atoms with Crippen LogP contribution in [0.15, 0.2) is 18.2 Å². The number of carbonyl (C=O) groups is 4. The summed E-state index contributed by atoms with van der Waals surface area (Å²) in [5, 5.41) is 9.66. The lowest BCUT2D eigenvalue weighted by Crippen LogP contribution is -2.53. The van der Waals surface area contributed by atoms with Crippen LogP contribution in [-0.4, -0.2) is 87.4 Å². The molecule has 4 aliphatic rings. The summed E-state index contributed by atoms with van der Waals surface area (Å²) in [6.45, 7) is 2.98. The summed E-state index contributed by atoms with van der Waals surface area (Å²) in [6.07, 6.45) is 1.33. The third kappa shape index (κ3) is 4.04. The Kier molecular flexibility index (Phi) is 6.01. The Bertz CT molecular complexity index is 1010. The van der Waals surface area contributed by atoms with Gasteiger partial charge in [0.1, 0.15) is 12.0 Å². The molecule has 3 atom stereocenters. The second-order valence-electron chi connectivity index (χ2n) is 9.78. The second-order valence-corrected chi connectivity index (χ2v) is 9.78. The van der Waals surface area contributed by atoms with Crippen LogP contribution >= 0.6 is 0 Å². The fourth-order valence-electron chi connectivity index (χ4n) is 5.98. The van der Waals surface area contributed by atoms with Crippen molar-refractivity contribution in [3.63, 3.8) is 0 Å². The van der Waals surface area contributed by atoms with Crippen molar-refractivity contribution in [1.29, 1.82) is 0 Å². The molecule has 3 unspecified atom stereocenters. The first-order valence-electron chi connectivity index (χ1n) is 12.0. The Labute approximate surface area is 197 Å². The van der Waals surface area contributed by atoms with Crippen LogP contribution in [-0.2, 0) is 16.1 Å². The lowest BCUT2D eigenvalue weighted by Gasteiger charge is -2.33. The molecule has 9 nitrogen and oxygen atoms in total. The summed E-state index contributed by atoms with van der Waals surface area (Å²) >= 11 is 0. The first-order valence-corrected chi connectivity index (χ1v) is 12.0. The highest BCUT2D eigenvalue weighted by Gasteiger charge is 2.54. The monoisotopic (exact) mass is 472 g/mol. The van der Waals surface area contributed by atoms with E-state index in [1.165, 1.54) is 11.0 Å². The molecule has 4 amide bonds. The quantitative estimate of drug-likeness (QED) is 0.673. The van der Waals surface area contributed by atoms with Gasteiger partial charge in [-0.1, -0.05) is 6.07 Å². The Morgan fingerprint density at radius 3 is 2.35 bits per heavy atom. The highest BCUT2D eigenvalue weighted by atomic mass is 19.1. The Balaban J connectivity index is 1.28. The zero-order valence-corrected chi connectivity index (χ0v) is 19.0. The number of carboxylic acid groups (broad SMARTS) is 1. The predicted octanol–water partition coefficient (Wildman–Crippen LogP) is 1.97. The fourth-order valence-corrected chi connectivity index (χ4v) is 5.98. The van der Waals surface area contributed by atoms with E-state index < -0.39 is 18.1 Å². The van der Waals surface area contributed by atoms with Crippen LogP contribution in [0.25, 0.3) is 0 Å². The van der Waals surface area contributed by atoms with Crippen molar-refractivity contribution in [3.8, 4) is 0 Å². The zero-order valence-electron chi connectivity index (χ0n) is 19.0. The van der Waals surface area contributed by atoms with Crippen molar-refractivity contribution in [2.24, 2.45) is 11.8 Å². The largest absolute Gasteiger partial charge is 0.465 e. The van der Waals surface area contributed by atoms with E-state index in [0.29, 0.717) is 43.9 Å². The van der Waals surface area contributed by atoms with Crippen LogP contribution in [0.4, 0.5) is 9.18 Å². The third-order valence-corrected chi connectivity index (χ3v) is 7.64. The molecule has 0 bridgehead atoms. The Morgan fingerprint density at radius 1 is 1.00 bits per heavy atom. The maximum atomic E-state index is 14.9. The SMILES string of the molecule is O=C(c1ccc(CN2CC3CN(C(=O)O)C(N4C(=O)CCC4=O)C3C2)c(F)c1)N1CCCCC1. The van der Waals surface area contributed by atoms with Crippen LogP contribution in [0.3, 0.4) is 0 Å². The van der Waals surface area contributed by atoms with Crippen molar-refractivity contribution in [2.45, 2.75) is 44.8 Å². The number of carbonyl (C=O) groups excluding carboxylic acids is 3. The molecule has 1 aromatic rings. The number of benzene rings is 1. The molecule has 1 aromatic carbocycles. The number of amides is 4. The van der Waals surface area contributed by atoms with Gasteiger partial charge in [0.25, 0.3) is 5.91 Å². The topological polar surface area (TPSA) is 101 Å². The summed E-state index contributed by atoms with van der Waals surface area (Å²) in [5.74, 6) is -1.48. The molecular formula is C24H29FN4O5. The van der Waals surface area contributed by atoms with E-state index in [0.717, 1.165) is 24.2 Å². The summed E-state index contributed by atoms with van der Waals surface area (Å²) in [6, 6.07) is 4.62. The van der Waals surface area contributed by atoms with Gasteiger partial charge in [-0.3, -0.25) is 29.1 Å². The minimum absolute atomic E-state index is 0.0367. The Hall–Kier alpha value is -3.01. The van der Waals surface area contributed by atoms with Crippen LogP contribution in [0.1, 0.15) is 48.0 Å². The lowest BCUT2D eigenvalue weighted by molar-refractivity contribution is -0.145. The van der Waals surface area contributed by atoms with Crippen LogP contribution in [0.2, 0.25) is 0 Å². The molecule has 34 heavy (non-hydrogen) atoms. The van der Waals surface area contributed by atoms with Crippen LogP contribution < -0.4 is 0 Å². The number of hydrogen-bond donors (Lipinski definition) is 1. The molecule has 0 spiro atoms. The molecular weight excluding hydrogens is 443 g/mol. The number of rotatable bonds is 4. The van der Waals surface area contributed by atoms with E-state index in [9.17, 15) is 28.7 Å². The molecule has 4 fully saturated rings. The molecule has 5 rings (SSSR count). The van der Waals surface area contributed by atoms with Crippen LogP contribution in [0.5, 0.6) is 0 Å². The van der Waals surface area contributed by atoms with Crippen molar-refractivity contribution in [3.05, 3.63) is 35.1 Å². The molecule has 0 aromatic heterocycles. The molecule has 0 saturated carbocycles. The van der Waals surface area contributed by atoms with E-state index in [2.05, 4.69) is 0 Å². The lowest BCUT2D eigenvalue weighted by atomic mass is 9.97. The van der Waals surface area contributed by atoms with Gasteiger partial charge in [0.15, 0.2) is 0 Å². The van der Waals surface area contributed by atoms with E-state index in [1.54, 1.807) is 17.0 Å². The van der Waals surface area contributed by atoms with Gasteiger partial charge >= 0.3 is 6.09 Å². The normalized spacial score (nSPS) is 27.6. The molecule has 10 heteroatoms. The first-order chi connectivity index (χ1) is 16.3. The highest BCUT2D eigenvalue weighted by Crippen LogP contribution is 2.40. The van der Waals surface area contributed by atoms with Gasteiger partial charge in [-0.25, -0.2) is 9.18 Å². The number of likely N-dealkylation sites (tertiary alicyclic amines) is 4. The van der Waals surface area contributed by atoms with E-state index in [4.69, 9.17) is 0 Å². The zero-order chi connectivity index (χ0) is 24.0. The number of imide groups is 1. The molecule has 4 heterocycles. The summed E-state index contributed by atoms with van der Waals surface area (Å²) in [4.78, 5) is 55.3. The summed E-state index contributed by atoms with van der Waals surface area (Å²) in [7, 11) is 0.